The van der Waals surface area contributed by atoms with E-state index < -0.39 is 0 Å². The molecule has 0 aliphatic carbocycles. The summed E-state index contributed by atoms with van der Waals surface area (Å²) in [6.07, 6.45) is 0. The van der Waals surface area contributed by atoms with Crippen molar-refractivity contribution in [2.24, 2.45) is 5.73 Å². The van der Waals surface area contributed by atoms with Gasteiger partial charge in [0.15, 0.2) is 0 Å². The lowest BCUT2D eigenvalue weighted by Gasteiger charge is -2.22. The molecule has 0 radical (unpaired) electrons. The van der Waals surface area contributed by atoms with Crippen LogP contribution in [0.3, 0.4) is 0 Å². The molecule has 100 valence electrons. The van der Waals surface area contributed by atoms with Crippen LogP contribution < -0.4 is 10.6 Å². The summed E-state index contributed by atoms with van der Waals surface area (Å²) in [5.74, 6) is 0. The van der Waals surface area contributed by atoms with Crippen molar-refractivity contribution in [3.63, 3.8) is 0 Å². The summed E-state index contributed by atoms with van der Waals surface area (Å²) in [5, 5.41) is 0. The maximum Gasteiger partial charge on any atom is 0.0511 e. The lowest BCUT2D eigenvalue weighted by molar-refractivity contribution is 0.816. The molecule has 0 aliphatic rings. The lowest BCUT2D eigenvalue weighted by Crippen LogP contribution is -2.17. The van der Waals surface area contributed by atoms with E-state index in [4.69, 9.17) is 5.73 Å². The molecule has 0 aromatic heterocycles. The zero-order chi connectivity index (χ0) is 13.8. The molecule has 0 saturated carbocycles. The molecule has 3 heteroatoms. The van der Waals surface area contributed by atoms with Crippen LogP contribution >= 0.6 is 15.9 Å². The molecule has 0 saturated heterocycles. The fraction of sp³-hybridized carbons (Fsp3) is 0.250. The van der Waals surface area contributed by atoms with Gasteiger partial charge in [0.05, 0.1) is 5.69 Å². The molecule has 0 aliphatic heterocycles. The van der Waals surface area contributed by atoms with Crippen molar-refractivity contribution in [3.8, 4) is 0 Å². The number of hydrogen-bond acceptors (Lipinski definition) is 2. The first kappa shape index (κ1) is 14.1. The van der Waals surface area contributed by atoms with E-state index in [1.807, 2.05) is 13.0 Å². The Morgan fingerprint density at radius 3 is 2.42 bits per heavy atom. The maximum absolute atomic E-state index is 5.90. The number of anilines is 1. The van der Waals surface area contributed by atoms with Crippen LogP contribution in [0.4, 0.5) is 5.69 Å². The van der Waals surface area contributed by atoms with Gasteiger partial charge >= 0.3 is 0 Å². The summed E-state index contributed by atoms with van der Waals surface area (Å²) in [4.78, 5) is 2.23. The summed E-state index contributed by atoms with van der Waals surface area (Å²) >= 11 is 3.63. The summed E-state index contributed by atoms with van der Waals surface area (Å²) in [6, 6.07) is 16.8. The smallest absolute Gasteiger partial charge is 0.0511 e. The Morgan fingerprint density at radius 1 is 1.16 bits per heavy atom. The predicted octanol–water partition coefficient (Wildman–Crippen LogP) is 4.11. The van der Waals surface area contributed by atoms with Gasteiger partial charge in [0.1, 0.15) is 0 Å². The maximum atomic E-state index is 5.90. The van der Waals surface area contributed by atoms with Crippen LogP contribution in [-0.2, 0) is 6.54 Å². The number of benzene rings is 2. The molecule has 1 atom stereocenters. The Hall–Kier alpha value is -1.32. The Bertz CT molecular complexity index is 538. The molecule has 2 N–H and O–H groups in total. The molecule has 2 nitrogen and oxygen atoms in total. The first-order valence-corrected chi connectivity index (χ1v) is 7.17. The van der Waals surface area contributed by atoms with Crippen molar-refractivity contribution in [3.05, 3.63) is 64.1 Å². The van der Waals surface area contributed by atoms with Gasteiger partial charge in [-0.15, -0.1) is 0 Å². The minimum absolute atomic E-state index is 0.0600. The van der Waals surface area contributed by atoms with Crippen LogP contribution in [0, 0.1) is 0 Å². The van der Waals surface area contributed by atoms with E-state index in [1.54, 1.807) is 0 Å². The Kier molecular flexibility index (Phi) is 4.61. The van der Waals surface area contributed by atoms with Gasteiger partial charge in [0.25, 0.3) is 0 Å². The summed E-state index contributed by atoms with van der Waals surface area (Å²) < 4.78 is 1.08. The second-order valence-corrected chi connectivity index (χ2v) is 5.70. The molecule has 2 rings (SSSR count). The van der Waals surface area contributed by atoms with Crippen LogP contribution in [0.25, 0.3) is 0 Å². The van der Waals surface area contributed by atoms with Gasteiger partial charge in [-0.1, -0.05) is 36.4 Å². The highest BCUT2D eigenvalue weighted by Crippen LogP contribution is 2.29. The predicted molar refractivity (Wildman–Crippen MR) is 85.3 cm³/mol. The zero-order valence-electron chi connectivity index (χ0n) is 11.3. The minimum Gasteiger partial charge on any atom is -0.369 e. The minimum atomic E-state index is 0.0600. The number of nitrogens with two attached hydrogens (primary N) is 1. The topological polar surface area (TPSA) is 29.3 Å². The number of nitrogens with zero attached hydrogens (tertiary/aromatic N) is 1. The third kappa shape index (κ3) is 3.58. The average Bonchev–Trinajstić information content (AvgIpc) is 2.39. The second kappa shape index (κ2) is 6.22. The SMILES string of the molecule is C[C@H](N)c1ccc(N(C)Cc2ccccc2)c(Br)c1. The van der Waals surface area contributed by atoms with Crippen molar-refractivity contribution in [2.45, 2.75) is 19.5 Å². The lowest BCUT2D eigenvalue weighted by atomic mass is 10.1. The molecule has 2 aromatic rings. The van der Waals surface area contributed by atoms with E-state index in [0.717, 1.165) is 16.6 Å². The highest BCUT2D eigenvalue weighted by molar-refractivity contribution is 9.10. The van der Waals surface area contributed by atoms with Crippen LogP contribution in [0.1, 0.15) is 24.1 Å². The first-order valence-electron chi connectivity index (χ1n) is 6.38. The van der Waals surface area contributed by atoms with Gasteiger partial charge in [-0.3, -0.25) is 0 Å². The fourth-order valence-corrected chi connectivity index (χ4v) is 2.76. The van der Waals surface area contributed by atoms with Crippen LogP contribution in [0.5, 0.6) is 0 Å². The van der Waals surface area contributed by atoms with Gasteiger partial charge in [0.2, 0.25) is 0 Å². The molecule has 0 fully saturated rings. The number of hydrogen-bond donors (Lipinski definition) is 1. The normalized spacial score (nSPS) is 12.2. The van der Waals surface area contributed by atoms with Gasteiger partial charge in [-0.25, -0.2) is 0 Å². The highest BCUT2D eigenvalue weighted by atomic mass is 79.9. The van der Waals surface area contributed by atoms with E-state index in [-0.39, 0.29) is 6.04 Å². The monoisotopic (exact) mass is 318 g/mol. The molecule has 0 unspecified atom stereocenters. The van der Waals surface area contributed by atoms with Crippen LogP contribution in [-0.4, -0.2) is 7.05 Å². The largest absolute Gasteiger partial charge is 0.369 e. The van der Waals surface area contributed by atoms with E-state index in [0.29, 0.717) is 0 Å². The standard InChI is InChI=1S/C16H19BrN2/c1-12(18)14-8-9-16(15(17)10-14)19(2)11-13-6-4-3-5-7-13/h3-10,12H,11,18H2,1-2H3/t12-/m0/s1. The van der Waals surface area contributed by atoms with E-state index in [2.05, 4.69) is 70.3 Å². The van der Waals surface area contributed by atoms with Crippen molar-refractivity contribution >= 4 is 21.6 Å². The van der Waals surface area contributed by atoms with E-state index >= 15 is 0 Å². The first-order chi connectivity index (χ1) is 9.08. The number of rotatable bonds is 4. The van der Waals surface area contributed by atoms with Crippen LogP contribution in [0.2, 0.25) is 0 Å². The Morgan fingerprint density at radius 2 is 1.84 bits per heavy atom. The molecular formula is C16H19BrN2. The molecule has 0 heterocycles. The third-order valence-corrected chi connectivity index (χ3v) is 3.81. The van der Waals surface area contributed by atoms with Crippen molar-refractivity contribution < 1.29 is 0 Å². The highest BCUT2D eigenvalue weighted by Gasteiger charge is 2.08. The molecule has 0 bridgehead atoms. The van der Waals surface area contributed by atoms with E-state index in [9.17, 15) is 0 Å². The third-order valence-electron chi connectivity index (χ3n) is 3.17. The molecule has 19 heavy (non-hydrogen) atoms. The quantitative estimate of drug-likeness (QED) is 0.919. The second-order valence-electron chi connectivity index (χ2n) is 4.84. The Labute approximate surface area is 123 Å². The van der Waals surface area contributed by atoms with Gasteiger partial charge in [-0.05, 0) is 46.1 Å². The Balaban J connectivity index is 2.17. The fourth-order valence-electron chi connectivity index (χ4n) is 2.06. The van der Waals surface area contributed by atoms with Gasteiger partial charge < -0.3 is 10.6 Å². The molecule has 2 aromatic carbocycles. The number of halogens is 1. The molecule has 0 amide bonds. The van der Waals surface area contributed by atoms with Crippen molar-refractivity contribution in [1.29, 1.82) is 0 Å². The summed E-state index contributed by atoms with van der Waals surface area (Å²) in [6.45, 7) is 2.88. The van der Waals surface area contributed by atoms with Crippen molar-refractivity contribution in [2.75, 3.05) is 11.9 Å². The van der Waals surface area contributed by atoms with Gasteiger partial charge in [0, 0.05) is 24.1 Å². The molecule has 0 spiro atoms. The van der Waals surface area contributed by atoms with Crippen molar-refractivity contribution in [1.82, 2.24) is 0 Å². The summed E-state index contributed by atoms with van der Waals surface area (Å²) in [5.41, 5.74) is 9.51. The van der Waals surface area contributed by atoms with Gasteiger partial charge in [-0.2, -0.15) is 0 Å². The van der Waals surface area contributed by atoms with Crippen LogP contribution in [0.15, 0.2) is 53.0 Å². The summed E-state index contributed by atoms with van der Waals surface area (Å²) in [7, 11) is 2.10. The van der Waals surface area contributed by atoms with E-state index in [1.165, 1.54) is 11.3 Å². The average molecular weight is 319 g/mol. The molecular weight excluding hydrogens is 300 g/mol. The zero-order valence-corrected chi connectivity index (χ0v) is 12.9.